The summed E-state index contributed by atoms with van der Waals surface area (Å²) in [4.78, 5) is 19.1. The van der Waals surface area contributed by atoms with Crippen molar-refractivity contribution in [3.8, 4) is 0 Å². The third-order valence-corrected chi connectivity index (χ3v) is 5.61. The number of hydrogen-bond acceptors (Lipinski definition) is 5. The molecule has 0 bridgehead atoms. The number of nitrogens with two attached hydrogens (primary N) is 1. The van der Waals surface area contributed by atoms with E-state index >= 15 is 0 Å². The first-order chi connectivity index (χ1) is 11.5. The highest BCUT2D eigenvalue weighted by molar-refractivity contribution is 5.79. The van der Waals surface area contributed by atoms with E-state index in [1.807, 2.05) is 13.8 Å². The molecule has 1 aromatic heterocycles. The third kappa shape index (κ3) is 4.16. The van der Waals surface area contributed by atoms with Gasteiger partial charge >= 0.3 is 0 Å². The number of likely N-dealkylation sites (tertiary alicyclic amines) is 1. The molecule has 6 heteroatoms. The average Bonchev–Trinajstić information content (AvgIpc) is 3.12. The Morgan fingerprint density at radius 2 is 2.04 bits per heavy atom. The molecule has 1 amide bonds. The molecule has 1 aromatic rings. The Bertz CT molecular complexity index is 544. The minimum atomic E-state index is 0.0293. The Kier molecular flexibility index (Phi) is 5.56. The minimum Gasteiger partial charge on any atom is -0.444 e. The van der Waals surface area contributed by atoms with Crippen LogP contribution in [0.25, 0.3) is 0 Å². The largest absolute Gasteiger partial charge is 0.444 e. The van der Waals surface area contributed by atoms with E-state index in [0.29, 0.717) is 5.92 Å². The fourth-order valence-electron chi connectivity index (χ4n) is 3.84. The lowest BCUT2D eigenvalue weighted by molar-refractivity contribution is -0.125. The first-order valence-corrected chi connectivity index (χ1v) is 9.21. The van der Waals surface area contributed by atoms with Gasteiger partial charge in [0, 0.05) is 12.6 Å². The normalized spacial score (nSPS) is 26.0. The molecule has 2 fully saturated rings. The molecule has 1 aliphatic carbocycles. The predicted octanol–water partition coefficient (Wildman–Crippen LogP) is 1.75. The van der Waals surface area contributed by atoms with Gasteiger partial charge in [0.1, 0.15) is 5.76 Å². The molecule has 1 saturated carbocycles. The van der Waals surface area contributed by atoms with Crippen LogP contribution in [-0.4, -0.2) is 41.5 Å². The lowest BCUT2D eigenvalue weighted by Crippen LogP contribution is -2.42. The summed E-state index contributed by atoms with van der Waals surface area (Å²) in [6.07, 6.45) is 5.22. The number of carbonyl (C=O) groups is 1. The number of piperidine rings is 1. The summed E-state index contributed by atoms with van der Waals surface area (Å²) in [6.45, 7) is 7.57. The molecule has 1 aliphatic heterocycles. The maximum absolute atomic E-state index is 12.2. The maximum atomic E-state index is 12.2. The molecule has 0 radical (unpaired) electrons. The number of amides is 1. The third-order valence-electron chi connectivity index (χ3n) is 5.61. The number of nitrogens with zero attached hydrogens (tertiary/aromatic N) is 2. The highest BCUT2D eigenvalue weighted by Gasteiger charge is 2.30. The van der Waals surface area contributed by atoms with E-state index in [9.17, 15) is 4.79 Å². The van der Waals surface area contributed by atoms with Crippen LogP contribution in [-0.2, 0) is 11.3 Å². The second-order valence-electron chi connectivity index (χ2n) is 7.42. The van der Waals surface area contributed by atoms with Gasteiger partial charge in [0.25, 0.3) is 0 Å². The van der Waals surface area contributed by atoms with E-state index in [4.69, 9.17) is 10.2 Å². The van der Waals surface area contributed by atoms with E-state index in [1.54, 1.807) is 0 Å². The molecular formula is C18H30N4O2. The molecule has 6 nitrogen and oxygen atoms in total. The summed E-state index contributed by atoms with van der Waals surface area (Å²) in [5.41, 5.74) is 6.99. The first-order valence-electron chi connectivity index (χ1n) is 9.21. The van der Waals surface area contributed by atoms with Crippen molar-refractivity contribution in [2.45, 2.75) is 58.5 Å². The Balaban J connectivity index is 1.38. The lowest BCUT2D eigenvalue weighted by atomic mass is 9.96. The molecule has 0 spiro atoms. The van der Waals surface area contributed by atoms with Crippen LogP contribution in [0.3, 0.4) is 0 Å². The Labute approximate surface area is 144 Å². The number of rotatable bonds is 5. The molecule has 2 atom stereocenters. The van der Waals surface area contributed by atoms with Crippen LogP contribution in [0.1, 0.15) is 49.4 Å². The fraction of sp³-hybridized carbons (Fsp3) is 0.778. The van der Waals surface area contributed by atoms with Gasteiger partial charge in [-0.1, -0.05) is 6.42 Å². The maximum Gasteiger partial charge on any atom is 0.224 e. The number of oxazole rings is 1. The number of carbonyl (C=O) groups excluding carboxylic acids is 1. The smallest absolute Gasteiger partial charge is 0.224 e. The summed E-state index contributed by atoms with van der Waals surface area (Å²) in [6, 6.07) is 0.0551. The zero-order chi connectivity index (χ0) is 17.1. The minimum absolute atomic E-state index is 0.0293. The van der Waals surface area contributed by atoms with Crippen molar-refractivity contribution in [3.05, 3.63) is 17.3 Å². The van der Waals surface area contributed by atoms with Gasteiger partial charge in [-0.15, -0.1) is 0 Å². The highest BCUT2D eigenvalue weighted by atomic mass is 16.4. The lowest BCUT2D eigenvalue weighted by Gasteiger charge is -2.31. The zero-order valence-electron chi connectivity index (χ0n) is 14.9. The second kappa shape index (κ2) is 7.66. The van der Waals surface area contributed by atoms with Gasteiger partial charge in [-0.3, -0.25) is 9.69 Å². The second-order valence-corrected chi connectivity index (χ2v) is 7.42. The number of aromatic nitrogens is 1. The topological polar surface area (TPSA) is 84.4 Å². The zero-order valence-corrected chi connectivity index (χ0v) is 14.9. The van der Waals surface area contributed by atoms with Gasteiger partial charge in [0.2, 0.25) is 11.8 Å². The fourth-order valence-corrected chi connectivity index (χ4v) is 3.84. The molecule has 2 unspecified atom stereocenters. The van der Waals surface area contributed by atoms with Crippen LogP contribution in [0.15, 0.2) is 4.42 Å². The van der Waals surface area contributed by atoms with Gasteiger partial charge in [-0.2, -0.15) is 0 Å². The van der Waals surface area contributed by atoms with E-state index in [1.165, 1.54) is 0 Å². The van der Waals surface area contributed by atoms with Crippen molar-refractivity contribution in [1.29, 1.82) is 0 Å². The molecule has 24 heavy (non-hydrogen) atoms. The van der Waals surface area contributed by atoms with E-state index in [2.05, 4.69) is 15.2 Å². The van der Waals surface area contributed by atoms with E-state index in [0.717, 1.165) is 75.6 Å². The first kappa shape index (κ1) is 17.4. The van der Waals surface area contributed by atoms with Crippen LogP contribution in [0, 0.1) is 25.7 Å². The van der Waals surface area contributed by atoms with E-state index in [-0.39, 0.29) is 17.9 Å². The standard InChI is InChI=1S/C18H30N4O2/c1-12-13(2)24-17(21-12)11-22-8-6-14(7-9-22)10-20-18(23)15-4-3-5-16(15)19/h14-16H,3-11,19H2,1-2H3,(H,20,23). The van der Waals surface area contributed by atoms with Crippen molar-refractivity contribution >= 4 is 5.91 Å². The van der Waals surface area contributed by atoms with Crippen molar-refractivity contribution in [2.75, 3.05) is 19.6 Å². The molecule has 3 N–H and O–H groups in total. The quantitative estimate of drug-likeness (QED) is 0.857. The Hall–Kier alpha value is -1.40. The van der Waals surface area contributed by atoms with Crippen molar-refractivity contribution in [1.82, 2.24) is 15.2 Å². The van der Waals surface area contributed by atoms with Gasteiger partial charge in [-0.05, 0) is 58.5 Å². The van der Waals surface area contributed by atoms with E-state index < -0.39 is 0 Å². The SMILES string of the molecule is Cc1nc(CN2CCC(CNC(=O)C3CCCC3N)CC2)oc1C. The summed E-state index contributed by atoms with van der Waals surface area (Å²) in [5, 5.41) is 3.13. The summed E-state index contributed by atoms with van der Waals surface area (Å²) < 4.78 is 5.67. The number of nitrogens with one attached hydrogen (secondary N) is 1. The summed E-state index contributed by atoms with van der Waals surface area (Å²) in [7, 11) is 0. The van der Waals surface area contributed by atoms with Crippen LogP contribution in [0.4, 0.5) is 0 Å². The van der Waals surface area contributed by atoms with Crippen LogP contribution in [0.5, 0.6) is 0 Å². The van der Waals surface area contributed by atoms with Gasteiger partial charge in [0.15, 0.2) is 0 Å². The number of aryl methyl sites for hydroxylation is 2. The molecule has 3 rings (SSSR count). The van der Waals surface area contributed by atoms with Crippen molar-refractivity contribution in [3.63, 3.8) is 0 Å². The number of hydrogen-bond donors (Lipinski definition) is 2. The van der Waals surface area contributed by atoms with Gasteiger partial charge in [0.05, 0.1) is 18.2 Å². The van der Waals surface area contributed by atoms with Gasteiger partial charge in [-0.25, -0.2) is 4.98 Å². The Morgan fingerprint density at radius 1 is 1.29 bits per heavy atom. The predicted molar refractivity (Wildman–Crippen MR) is 92.3 cm³/mol. The molecule has 2 aliphatic rings. The van der Waals surface area contributed by atoms with Crippen LogP contribution in [0.2, 0.25) is 0 Å². The highest BCUT2D eigenvalue weighted by Crippen LogP contribution is 2.24. The van der Waals surface area contributed by atoms with Crippen LogP contribution < -0.4 is 11.1 Å². The van der Waals surface area contributed by atoms with Crippen molar-refractivity contribution in [2.24, 2.45) is 17.6 Å². The molecular weight excluding hydrogens is 304 g/mol. The average molecular weight is 334 g/mol. The summed E-state index contributed by atoms with van der Waals surface area (Å²) >= 11 is 0. The molecule has 1 saturated heterocycles. The molecule has 134 valence electrons. The van der Waals surface area contributed by atoms with Crippen molar-refractivity contribution < 1.29 is 9.21 Å². The van der Waals surface area contributed by atoms with Gasteiger partial charge < -0.3 is 15.5 Å². The molecule has 2 heterocycles. The monoisotopic (exact) mass is 334 g/mol. The Morgan fingerprint density at radius 3 is 2.62 bits per heavy atom. The molecule has 0 aromatic carbocycles. The summed E-state index contributed by atoms with van der Waals surface area (Å²) in [5.74, 6) is 2.48. The van der Waals surface area contributed by atoms with Crippen LogP contribution >= 0.6 is 0 Å².